The molecule has 1 aliphatic rings. The number of fused-ring (bicyclic) bond motifs is 1. The Morgan fingerprint density at radius 2 is 1.86 bits per heavy atom. The third-order valence-electron chi connectivity index (χ3n) is 5.35. The summed E-state index contributed by atoms with van der Waals surface area (Å²) in [5.41, 5.74) is 6.39. The van der Waals surface area contributed by atoms with E-state index in [-0.39, 0.29) is 30.2 Å². The van der Waals surface area contributed by atoms with Gasteiger partial charge in [-0.1, -0.05) is 45.1 Å². The second kappa shape index (κ2) is 13.7. The van der Waals surface area contributed by atoms with E-state index in [0.717, 1.165) is 18.9 Å². The molecule has 0 aromatic heterocycles. The molecule has 0 aliphatic carbocycles. The number of rotatable bonds is 8. The largest absolute Gasteiger partial charge is 0.491 e. The van der Waals surface area contributed by atoms with Crippen molar-refractivity contribution in [3.63, 3.8) is 0 Å². The minimum Gasteiger partial charge on any atom is -0.491 e. The van der Waals surface area contributed by atoms with E-state index in [1.807, 2.05) is 6.07 Å². The van der Waals surface area contributed by atoms with E-state index in [1.165, 1.54) is 24.1 Å². The van der Waals surface area contributed by atoms with Crippen molar-refractivity contribution < 1.29 is 27.8 Å². The number of benzene rings is 2. The number of para-hydroxylation sites is 2. The molecule has 6 nitrogen and oxygen atoms in total. The summed E-state index contributed by atoms with van der Waals surface area (Å²) in [6.45, 7) is 6.87. The number of hydrogen-bond donors (Lipinski definition) is 1. The maximum Gasteiger partial charge on any atom is 0.246 e. The van der Waals surface area contributed by atoms with E-state index in [1.54, 1.807) is 18.2 Å². The summed E-state index contributed by atoms with van der Waals surface area (Å²) >= 11 is 0. The van der Waals surface area contributed by atoms with Crippen LogP contribution in [0, 0.1) is 17.0 Å². The Labute approximate surface area is 212 Å². The summed E-state index contributed by atoms with van der Waals surface area (Å²) < 4.78 is 37.1. The molecular formula is C28H36F2N2O4. The number of ether oxygens (including phenoxy) is 2. The maximum absolute atomic E-state index is 13.3. The molecule has 2 aromatic carbocycles. The molecule has 1 heterocycles. The lowest BCUT2D eigenvalue weighted by Crippen LogP contribution is -2.29. The molecule has 0 fully saturated rings. The zero-order valence-corrected chi connectivity index (χ0v) is 21.4. The molecule has 0 saturated heterocycles. The van der Waals surface area contributed by atoms with Gasteiger partial charge in [0.05, 0.1) is 25.3 Å². The molecule has 2 amide bonds. The van der Waals surface area contributed by atoms with Crippen molar-refractivity contribution in [1.82, 2.24) is 0 Å². The SMILES string of the molecule is COC(CCC/C=C/C(C)(C)C)C(N)=O.O=C1CCOc2ccccc2N1Cc1cc(F)cc(F)c1. The highest BCUT2D eigenvalue weighted by atomic mass is 19.1. The average molecular weight is 503 g/mol. The number of nitrogens with zero attached hydrogens (tertiary/aromatic N) is 1. The molecular weight excluding hydrogens is 466 g/mol. The van der Waals surface area contributed by atoms with E-state index in [9.17, 15) is 18.4 Å². The van der Waals surface area contributed by atoms with Crippen LogP contribution in [0.3, 0.4) is 0 Å². The maximum atomic E-state index is 13.3. The lowest BCUT2D eigenvalue weighted by molar-refractivity contribution is -0.128. The fraction of sp³-hybridized carbons (Fsp3) is 0.429. The van der Waals surface area contributed by atoms with Crippen LogP contribution in [-0.4, -0.2) is 31.6 Å². The first kappa shape index (κ1) is 29.0. The first-order valence-electron chi connectivity index (χ1n) is 12.0. The van der Waals surface area contributed by atoms with Crippen LogP contribution in [0.4, 0.5) is 14.5 Å². The Morgan fingerprint density at radius 1 is 1.19 bits per heavy atom. The zero-order chi connectivity index (χ0) is 26.7. The highest BCUT2D eigenvalue weighted by Crippen LogP contribution is 2.32. The third-order valence-corrected chi connectivity index (χ3v) is 5.35. The van der Waals surface area contributed by atoms with Crippen molar-refractivity contribution in [2.24, 2.45) is 11.1 Å². The molecule has 0 bridgehead atoms. The molecule has 1 aliphatic heterocycles. The number of nitrogens with two attached hydrogens (primary N) is 1. The summed E-state index contributed by atoms with van der Waals surface area (Å²) in [4.78, 5) is 24.5. The Hall–Kier alpha value is -3.26. The van der Waals surface area contributed by atoms with Gasteiger partial charge in [0.25, 0.3) is 0 Å². The molecule has 0 saturated carbocycles. The van der Waals surface area contributed by atoms with E-state index in [0.29, 0.717) is 30.0 Å². The van der Waals surface area contributed by atoms with Crippen LogP contribution < -0.4 is 15.4 Å². The van der Waals surface area contributed by atoms with Gasteiger partial charge in [0.2, 0.25) is 11.8 Å². The second-order valence-corrected chi connectivity index (χ2v) is 9.65. The number of carbonyl (C=O) groups excluding carboxylic acids is 2. The highest BCUT2D eigenvalue weighted by Gasteiger charge is 2.23. The van der Waals surface area contributed by atoms with Crippen LogP contribution in [0.1, 0.15) is 52.0 Å². The molecule has 1 unspecified atom stereocenters. The van der Waals surface area contributed by atoms with Crippen LogP contribution in [-0.2, 0) is 20.9 Å². The van der Waals surface area contributed by atoms with Gasteiger partial charge in [0.15, 0.2) is 0 Å². The topological polar surface area (TPSA) is 81.9 Å². The lowest BCUT2D eigenvalue weighted by Gasteiger charge is -2.22. The number of anilines is 1. The monoisotopic (exact) mass is 502 g/mol. The second-order valence-electron chi connectivity index (χ2n) is 9.65. The fourth-order valence-electron chi connectivity index (χ4n) is 3.61. The number of methoxy groups -OCH3 is 1. The van der Waals surface area contributed by atoms with Gasteiger partial charge in [-0.15, -0.1) is 0 Å². The van der Waals surface area contributed by atoms with Crippen molar-refractivity contribution in [3.05, 3.63) is 71.8 Å². The van der Waals surface area contributed by atoms with Crippen molar-refractivity contribution in [3.8, 4) is 5.75 Å². The summed E-state index contributed by atoms with van der Waals surface area (Å²) in [6.07, 6.45) is 6.70. The summed E-state index contributed by atoms with van der Waals surface area (Å²) in [5, 5.41) is 0. The quantitative estimate of drug-likeness (QED) is 0.380. The normalized spacial score (nSPS) is 14.4. The number of allylic oxidation sites excluding steroid dienone is 2. The number of amides is 2. The average Bonchev–Trinajstić information content (AvgIpc) is 2.94. The smallest absolute Gasteiger partial charge is 0.246 e. The molecule has 8 heteroatoms. The Bertz CT molecular complexity index is 1030. The van der Waals surface area contributed by atoms with Crippen molar-refractivity contribution in [2.75, 3.05) is 18.6 Å². The summed E-state index contributed by atoms with van der Waals surface area (Å²) in [7, 11) is 1.51. The third kappa shape index (κ3) is 9.77. The molecule has 36 heavy (non-hydrogen) atoms. The van der Waals surface area contributed by atoms with Gasteiger partial charge in [-0.2, -0.15) is 0 Å². The van der Waals surface area contributed by atoms with Gasteiger partial charge >= 0.3 is 0 Å². The minimum atomic E-state index is -0.656. The Kier molecular flexibility index (Phi) is 11.0. The van der Waals surface area contributed by atoms with Crippen LogP contribution >= 0.6 is 0 Å². The van der Waals surface area contributed by atoms with Gasteiger partial charge in [-0.3, -0.25) is 9.59 Å². The lowest BCUT2D eigenvalue weighted by atomic mass is 9.95. The summed E-state index contributed by atoms with van der Waals surface area (Å²) in [5.74, 6) is -1.23. The van der Waals surface area contributed by atoms with Gasteiger partial charge in [0, 0.05) is 13.2 Å². The van der Waals surface area contributed by atoms with Gasteiger partial charge in [-0.05, 0) is 54.5 Å². The molecule has 3 rings (SSSR count). The van der Waals surface area contributed by atoms with Gasteiger partial charge in [-0.25, -0.2) is 8.78 Å². The van der Waals surface area contributed by atoms with Gasteiger partial charge < -0.3 is 20.1 Å². The molecule has 0 radical (unpaired) electrons. The minimum absolute atomic E-state index is 0.105. The number of halogens is 2. The number of primary amides is 1. The van der Waals surface area contributed by atoms with Crippen molar-refractivity contribution in [1.29, 1.82) is 0 Å². The molecule has 196 valence electrons. The first-order valence-corrected chi connectivity index (χ1v) is 12.0. The van der Waals surface area contributed by atoms with Crippen LogP contribution in [0.25, 0.3) is 0 Å². The van der Waals surface area contributed by atoms with E-state index in [2.05, 4.69) is 32.9 Å². The van der Waals surface area contributed by atoms with Crippen LogP contribution in [0.2, 0.25) is 0 Å². The molecule has 2 aromatic rings. The zero-order valence-electron chi connectivity index (χ0n) is 21.4. The summed E-state index contributed by atoms with van der Waals surface area (Å²) in [6, 6.07) is 10.4. The molecule has 2 N–H and O–H groups in total. The van der Waals surface area contributed by atoms with Crippen LogP contribution in [0.15, 0.2) is 54.6 Å². The van der Waals surface area contributed by atoms with E-state index < -0.39 is 17.7 Å². The Morgan fingerprint density at radius 3 is 2.47 bits per heavy atom. The standard InChI is InChI=1S/C16H13F2NO2.C12H23NO2/c17-12-7-11(8-13(18)9-12)10-19-14-3-1-2-4-15(14)21-6-5-16(19)20;1-12(2,3)9-7-5-6-8-10(15-4)11(13)14/h1-4,7-9H,5-6,10H2;7,9-10H,5-6,8H2,1-4H3,(H2,13,14)/b;9-7+. The number of hydrogen-bond acceptors (Lipinski definition) is 4. The van der Waals surface area contributed by atoms with Crippen molar-refractivity contribution in [2.45, 2.75) is 59.1 Å². The fourth-order valence-corrected chi connectivity index (χ4v) is 3.61. The molecule has 1 atom stereocenters. The highest BCUT2D eigenvalue weighted by molar-refractivity contribution is 5.95. The van der Waals surface area contributed by atoms with E-state index >= 15 is 0 Å². The molecule has 0 spiro atoms. The Balaban J connectivity index is 0.000000271. The van der Waals surface area contributed by atoms with E-state index in [4.69, 9.17) is 15.2 Å². The van der Waals surface area contributed by atoms with Crippen LogP contribution in [0.5, 0.6) is 5.75 Å². The first-order chi connectivity index (χ1) is 17.0. The van der Waals surface area contributed by atoms with Crippen molar-refractivity contribution >= 4 is 17.5 Å². The predicted molar refractivity (Wildman–Crippen MR) is 137 cm³/mol. The van der Waals surface area contributed by atoms with Gasteiger partial charge in [0.1, 0.15) is 23.5 Å². The predicted octanol–water partition coefficient (Wildman–Crippen LogP) is 5.54. The number of carbonyl (C=O) groups is 2. The number of unbranched alkanes of at least 4 members (excludes halogenated alkanes) is 1.